The number of aryl methyl sites for hydroxylation is 1. The highest BCUT2D eigenvalue weighted by Gasteiger charge is 2.25. The number of nitrogens with one attached hydrogen (secondary N) is 1. The summed E-state index contributed by atoms with van der Waals surface area (Å²) in [7, 11) is 0. The monoisotopic (exact) mass is 304 g/mol. The molecule has 0 radical (unpaired) electrons. The van der Waals surface area contributed by atoms with E-state index in [-0.39, 0.29) is 16.6 Å². The Bertz CT molecular complexity index is 717. The van der Waals surface area contributed by atoms with E-state index in [1.54, 1.807) is 6.07 Å². The summed E-state index contributed by atoms with van der Waals surface area (Å²) in [5.41, 5.74) is 8.60. The molecule has 1 aliphatic carbocycles. The van der Waals surface area contributed by atoms with E-state index in [1.807, 2.05) is 18.2 Å². The Hall–Kier alpha value is -2.07. The molecule has 0 heterocycles. The number of benzene rings is 2. The highest BCUT2D eigenvalue weighted by atomic mass is 35.5. The summed E-state index contributed by atoms with van der Waals surface area (Å²) >= 11 is 5.70. The van der Waals surface area contributed by atoms with Crippen LogP contribution in [0.5, 0.6) is 0 Å². The average Bonchev–Trinajstić information content (AvgIpc) is 2.84. The van der Waals surface area contributed by atoms with Crippen molar-refractivity contribution in [3.05, 3.63) is 63.9 Å². The third kappa shape index (κ3) is 2.59. The minimum absolute atomic E-state index is 0.0357. The zero-order valence-electron chi connectivity index (χ0n) is 11.2. The van der Waals surface area contributed by atoms with Gasteiger partial charge in [0, 0.05) is 5.69 Å². The highest BCUT2D eigenvalue weighted by Crippen LogP contribution is 2.32. The van der Waals surface area contributed by atoms with Gasteiger partial charge in [0.15, 0.2) is 5.82 Å². The van der Waals surface area contributed by atoms with Gasteiger partial charge in [0.05, 0.1) is 16.6 Å². The second kappa shape index (κ2) is 5.37. The maximum absolute atomic E-state index is 13.9. The molecule has 0 aromatic heterocycles. The van der Waals surface area contributed by atoms with Crippen LogP contribution < -0.4 is 11.1 Å². The van der Waals surface area contributed by atoms with Gasteiger partial charge in [-0.25, -0.2) is 4.39 Å². The predicted octanol–water partition coefficient (Wildman–Crippen LogP) is 3.48. The van der Waals surface area contributed by atoms with E-state index in [0.717, 1.165) is 24.0 Å². The molecule has 0 spiro atoms. The number of carbonyl (C=O) groups excluding carboxylic acids is 1. The van der Waals surface area contributed by atoms with Gasteiger partial charge in [0.25, 0.3) is 5.91 Å². The number of amides is 1. The van der Waals surface area contributed by atoms with Gasteiger partial charge in [0.1, 0.15) is 0 Å². The molecule has 108 valence electrons. The smallest absolute Gasteiger partial charge is 0.254 e. The Morgan fingerprint density at radius 2 is 2.14 bits per heavy atom. The van der Waals surface area contributed by atoms with Crippen LogP contribution >= 0.6 is 11.6 Å². The highest BCUT2D eigenvalue weighted by molar-refractivity contribution is 6.31. The van der Waals surface area contributed by atoms with Crippen molar-refractivity contribution in [1.29, 1.82) is 0 Å². The predicted molar refractivity (Wildman–Crippen MR) is 80.8 cm³/mol. The molecule has 1 unspecified atom stereocenters. The van der Waals surface area contributed by atoms with E-state index in [9.17, 15) is 9.18 Å². The first-order chi connectivity index (χ1) is 10.1. The van der Waals surface area contributed by atoms with Gasteiger partial charge in [-0.1, -0.05) is 23.7 Å². The third-order valence-corrected chi connectivity index (χ3v) is 4.04. The number of halogens is 2. The minimum Gasteiger partial charge on any atom is -0.399 e. The van der Waals surface area contributed by atoms with E-state index < -0.39 is 11.7 Å². The molecule has 21 heavy (non-hydrogen) atoms. The van der Waals surface area contributed by atoms with Crippen molar-refractivity contribution < 1.29 is 9.18 Å². The third-order valence-electron chi connectivity index (χ3n) is 3.75. The Balaban J connectivity index is 1.83. The Labute approximate surface area is 126 Å². The molecule has 1 atom stereocenters. The van der Waals surface area contributed by atoms with E-state index in [1.165, 1.54) is 12.1 Å². The summed E-state index contributed by atoms with van der Waals surface area (Å²) in [5, 5.41) is 2.81. The fraction of sp³-hybridized carbons (Fsp3) is 0.188. The molecular formula is C16H14ClFN2O. The van der Waals surface area contributed by atoms with Gasteiger partial charge >= 0.3 is 0 Å². The van der Waals surface area contributed by atoms with Crippen LogP contribution in [0.2, 0.25) is 5.02 Å². The van der Waals surface area contributed by atoms with Crippen LogP contribution in [0.1, 0.15) is 33.9 Å². The van der Waals surface area contributed by atoms with Crippen molar-refractivity contribution in [1.82, 2.24) is 5.32 Å². The van der Waals surface area contributed by atoms with Crippen LogP contribution in [-0.2, 0) is 6.42 Å². The SMILES string of the molecule is Nc1ccc2c(c1)CCC2NC(=O)c1cccc(Cl)c1F. The van der Waals surface area contributed by atoms with Crippen LogP contribution in [0.4, 0.5) is 10.1 Å². The molecule has 0 saturated heterocycles. The zero-order valence-corrected chi connectivity index (χ0v) is 12.0. The molecule has 2 aromatic carbocycles. The summed E-state index contributed by atoms with van der Waals surface area (Å²) in [6.45, 7) is 0. The van der Waals surface area contributed by atoms with E-state index in [4.69, 9.17) is 17.3 Å². The maximum Gasteiger partial charge on any atom is 0.254 e. The van der Waals surface area contributed by atoms with Crippen LogP contribution in [0, 0.1) is 5.82 Å². The normalized spacial score (nSPS) is 16.6. The fourth-order valence-corrected chi connectivity index (χ4v) is 2.88. The van der Waals surface area contributed by atoms with Crippen molar-refractivity contribution in [2.75, 3.05) is 5.73 Å². The first kappa shape index (κ1) is 13.9. The average molecular weight is 305 g/mol. The first-order valence-corrected chi connectivity index (χ1v) is 7.07. The molecule has 1 aliphatic rings. The molecule has 0 aliphatic heterocycles. The van der Waals surface area contributed by atoms with E-state index in [0.29, 0.717) is 5.69 Å². The summed E-state index contributed by atoms with van der Waals surface area (Å²) < 4.78 is 13.9. The number of carbonyl (C=O) groups is 1. The number of nitrogens with two attached hydrogens (primary N) is 1. The van der Waals surface area contributed by atoms with Gasteiger partial charge in [-0.15, -0.1) is 0 Å². The lowest BCUT2D eigenvalue weighted by Gasteiger charge is -2.15. The lowest BCUT2D eigenvalue weighted by molar-refractivity contribution is 0.0932. The number of nitrogen functional groups attached to an aromatic ring is 1. The maximum atomic E-state index is 13.9. The second-order valence-corrected chi connectivity index (χ2v) is 5.53. The number of anilines is 1. The Kier molecular flexibility index (Phi) is 3.55. The molecule has 3 N–H and O–H groups in total. The lowest BCUT2D eigenvalue weighted by atomic mass is 10.1. The van der Waals surface area contributed by atoms with Gasteiger partial charge in [-0.2, -0.15) is 0 Å². The number of rotatable bonds is 2. The molecule has 3 rings (SSSR count). The molecule has 3 nitrogen and oxygen atoms in total. The van der Waals surface area contributed by atoms with Crippen LogP contribution in [-0.4, -0.2) is 5.91 Å². The van der Waals surface area contributed by atoms with Gasteiger partial charge in [0.2, 0.25) is 0 Å². The molecule has 1 amide bonds. The van der Waals surface area contributed by atoms with Crippen LogP contribution in [0.3, 0.4) is 0 Å². The largest absolute Gasteiger partial charge is 0.399 e. The van der Waals surface area contributed by atoms with Gasteiger partial charge < -0.3 is 11.1 Å². The van der Waals surface area contributed by atoms with Gasteiger partial charge in [-0.05, 0) is 48.2 Å². The molecule has 2 aromatic rings. The Morgan fingerprint density at radius 1 is 1.33 bits per heavy atom. The summed E-state index contributed by atoms with van der Waals surface area (Å²) in [6.07, 6.45) is 1.63. The quantitative estimate of drug-likeness (QED) is 0.835. The number of fused-ring (bicyclic) bond motifs is 1. The van der Waals surface area contributed by atoms with Crippen molar-refractivity contribution >= 4 is 23.2 Å². The standard InChI is InChI=1S/C16H14ClFN2O/c17-13-3-1-2-12(15(13)18)16(21)20-14-7-4-9-8-10(19)5-6-11(9)14/h1-3,5-6,8,14H,4,7,19H2,(H,20,21). The fourth-order valence-electron chi connectivity index (χ4n) is 2.70. The summed E-state index contributed by atoms with van der Waals surface area (Å²) in [6, 6.07) is 9.92. The molecule has 0 saturated carbocycles. The number of hydrogen-bond acceptors (Lipinski definition) is 2. The molecule has 0 bridgehead atoms. The van der Waals surface area contributed by atoms with Crippen LogP contribution in [0.25, 0.3) is 0 Å². The molecular weight excluding hydrogens is 291 g/mol. The van der Waals surface area contributed by atoms with Crippen molar-refractivity contribution in [2.24, 2.45) is 0 Å². The minimum atomic E-state index is -0.688. The van der Waals surface area contributed by atoms with E-state index >= 15 is 0 Å². The molecule has 0 fully saturated rings. The Morgan fingerprint density at radius 3 is 2.95 bits per heavy atom. The molecule has 5 heteroatoms. The van der Waals surface area contributed by atoms with Crippen molar-refractivity contribution in [3.63, 3.8) is 0 Å². The van der Waals surface area contributed by atoms with E-state index in [2.05, 4.69) is 5.32 Å². The van der Waals surface area contributed by atoms with Crippen molar-refractivity contribution in [2.45, 2.75) is 18.9 Å². The van der Waals surface area contributed by atoms with Crippen molar-refractivity contribution in [3.8, 4) is 0 Å². The number of hydrogen-bond donors (Lipinski definition) is 2. The van der Waals surface area contributed by atoms with Crippen LogP contribution in [0.15, 0.2) is 36.4 Å². The summed E-state index contributed by atoms with van der Waals surface area (Å²) in [5.74, 6) is -1.14. The second-order valence-electron chi connectivity index (χ2n) is 5.12. The zero-order chi connectivity index (χ0) is 15.0. The topological polar surface area (TPSA) is 55.1 Å². The summed E-state index contributed by atoms with van der Waals surface area (Å²) in [4.78, 5) is 12.2. The first-order valence-electron chi connectivity index (χ1n) is 6.69. The van der Waals surface area contributed by atoms with Gasteiger partial charge in [-0.3, -0.25) is 4.79 Å². The lowest BCUT2D eigenvalue weighted by Crippen LogP contribution is -2.28.